The van der Waals surface area contributed by atoms with Crippen molar-refractivity contribution in [2.24, 2.45) is 17.8 Å². The molecular weight excluding hydrogens is 403 g/mol. The van der Waals surface area contributed by atoms with Gasteiger partial charge in [0.1, 0.15) is 5.82 Å². The second-order valence-corrected chi connectivity index (χ2v) is 9.38. The minimum Gasteiger partial charge on any atom is -0.336 e. The summed E-state index contributed by atoms with van der Waals surface area (Å²) < 4.78 is 41.6. The van der Waals surface area contributed by atoms with Crippen LogP contribution in [0.2, 0.25) is 0 Å². The van der Waals surface area contributed by atoms with Crippen LogP contribution < -0.4 is 10.6 Å². The molecule has 1 spiro atoms. The zero-order valence-electron chi connectivity index (χ0n) is 17.2. The minimum atomic E-state index is -2.60. The Bertz CT molecular complexity index is 980. The molecule has 1 saturated heterocycles. The Morgan fingerprint density at radius 3 is 2.71 bits per heavy atom. The summed E-state index contributed by atoms with van der Waals surface area (Å²) in [6, 6.07) is 10.1. The van der Waals surface area contributed by atoms with Crippen LogP contribution in [-0.2, 0) is 6.42 Å². The monoisotopic (exact) mass is 429 g/mol. The fourth-order valence-corrected chi connectivity index (χ4v) is 6.14. The molecule has 1 aromatic heterocycles. The Morgan fingerprint density at radius 2 is 2.00 bits per heavy atom. The molecule has 2 N–H and O–H groups in total. The first-order valence-corrected chi connectivity index (χ1v) is 11.0. The highest BCUT2D eigenvalue weighted by molar-refractivity contribution is 5.77. The van der Waals surface area contributed by atoms with E-state index in [0.717, 1.165) is 23.2 Å². The average molecular weight is 429 g/mol. The van der Waals surface area contributed by atoms with Crippen LogP contribution in [0.3, 0.4) is 0 Å². The van der Waals surface area contributed by atoms with Crippen LogP contribution in [0.25, 0.3) is 11.1 Å². The van der Waals surface area contributed by atoms with Gasteiger partial charge in [0.15, 0.2) is 0 Å². The third-order valence-electron chi connectivity index (χ3n) is 7.48. The topological polar surface area (TPSA) is 54.0 Å². The van der Waals surface area contributed by atoms with E-state index in [1.54, 1.807) is 12.3 Å². The van der Waals surface area contributed by atoms with Gasteiger partial charge in [-0.3, -0.25) is 4.98 Å². The lowest BCUT2D eigenvalue weighted by molar-refractivity contribution is -0.0679. The maximum atomic E-state index is 14.0. The van der Waals surface area contributed by atoms with Crippen LogP contribution in [0.4, 0.5) is 18.0 Å². The molecule has 1 aromatic carbocycles. The lowest BCUT2D eigenvalue weighted by atomic mass is 9.73. The van der Waals surface area contributed by atoms with Crippen molar-refractivity contribution in [3.05, 3.63) is 54.1 Å². The number of rotatable bonds is 4. The van der Waals surface area contributed by atoms with Gasteiger partial charge in [-0.1, -0.05) is 18.2 Å². The molecule has 2 amide bonds. The number of hydrogen-bond donors (Lipinski definition) is 2. The Morgan fingerprint density at radius 1 is 1.13 bits per heavy atom. The van der Waals surface area contributed by atoms with Crippen LogP contribution in [0.5, 0.6) is 0 Å². The van der Waals surface area contributed by atoms with Crippen LogP contribution in [0.1, 0.15) is 37.8 Å². The number of benzene rings is 1. The molecule has 2 heterocycles. The van der Waals surface area contributed by atoms with E-state index in [-0.39, 0.29) is 42.4 Å². The number of carbonyl (C=O) groups is 1. The minimum absolute atomic E-state index is 0.0581. The SMILES string of the molecule is O=C1NCC2(C[C@@H]3CC(F)(F)CC[C@H]3[C@@H]2CCc2ccc(-c3cccc(F)c3)cn2)N1. The summed E-state index contributed by atoms with van der Waals surface area (Å²) in [6.07, 6.45) is 4.23. The number of aryl methyl sites for hydroxylation is 1. The highest BCUT2D eigenvalue weighted by Crippen LogP contribution is 2.56. The number of carbonyl (C=O) groups excluding carboxylic acids is 1. The van der Waals surface area contributed by atoms with Gasteiger partial charge in [0.25, 0.3) is 0 Å². The zero-order valence-corrected chi connectivity index (χ0v) is 17.2. The van der Waals surface area contributed by atoms with Crippen molar-refractivity contribution in [3.63, 3.8) is 0 Å². The summed E-state index contributed by atoms with van der Waals surface area (Å²) in [5, 5.41) is 5.94. The quantitative estimate of drug-likeness (QED) is 0.723. The number of nitrogens with one attached hydrogen (secondary N) is 2. The first-order valence-electron chi connectivity index (χ1n) is 11.0. The van der Waals surface area contributed by atoms with Gasteiger partial charge in [0.2, 0.25) is 5.92 Å². The number of aromatic nitrogens is 1. The van der Waals surface area contributed by atoms with Gasteiger partial charge >= 0.3 is 6.03 Å². The van der Waals surface area contributed by atoms with E-state index < -0.39 is 11.5 Å². The number of pyridine rings is 1. The summed E-state index contributed by atoms with van der Waals surface area (Å²) in [7, 11) is 0. The molecule has 3 fully saturated rings. The van der Waals surface area contributed by atoms with Gasteiger partial charge in [-0.25, -0.2) is 18.0 Å². The predicted molar refractivity (Wildman–Crippen MR) is 111 cm³/mol. The second kappa shape index (κ2) is 7.53. The van der Waals surface area contributed by atoms with Crippen molar-refractivity contribution in [1.82, 2.24) is 15.6 Å². The van der Waals surface area contributed by atoms with E-state index >= 15 is 0 Å². The zero-order chi connectivity index (χ0) is 21.6. The smallest absolute Gasteiger partial charge is 0.315 e. The lowest BCUT2D eigenvalue weighted by Gasteiger charge is -2.36. The molecule has 2 aliphatic carbocycles. The molecular formula is C24H26F3N3O. The number of nitrogens with zero attached hydrogens (tertiary/aromatic N) is 1. The van der Waals surface area contributed by atoms with Crippen molar-refractivity contribution in [2.45, 2.75) is 50.0 Å². The van der Waals surface area contributed by atoms with E-state index in [4.69, 9.17) is 0 Å². The highest BCUT2D eigenvalue weighted by atomic mass is 19.3. The molecule has 4 nitrogen and oxygen atoms in total. The second-order valence-electron chi connectivity index (χ2n) is 9.38. The summed E-state index contributed by atoms with van der Waals surface area (Å²) in [6.45, 7) is 0.501. The third kappa shape index (κ3) is 3.90. The van der Waals surface area contributed by atoms with Gasteiger partial charge < -0.3 is 10.6 Å². The molecule has 2 saturated carbocycles. The highest BCUT2D eigenvalue weighted by Gasteiger charge is 2.59. The molecule has 5 rings (SSSR count). The Hall–Kier alpha value is -2.57. The largest absolute Gasteiger partial charge is 0.336 e. The van der Waals surface area contributed by atoms with Gasteiger partial charge in [0.05, 0.1) is 5.54 Å². The fourth-order valence-electron chi connectivity index (χ4n) is 6.14. The normalized spacial score (nSPS) is 31.3. The van der Waals surface area contributed by atoms with Crippen molar-refractivity contribution in [3.8, 4) is 11.1 Å². The van der Waals surface area contributed by atoms with Crippen molar-refractivity contribution < 1.29 is 18.0 Å². The predicted octanol–water partition coefficient (Wildman–Crippen LogP) is 4.94. The lowest BCUT2D eigenvalue weighted by Crippen LogP contribution is -2.48. The Balaban J connectivity index is 1.31. The average Bonchev–Trinajstić information content (AvgIpc) is 3.24. The number of fused-ring (bicyclic) bond motifs is 1. The molecule has 1 unspecified atom stereocenters. The Labute approximate surface area is 179 Å². The standard InChI is InChI=1S/C24H26F3N3O/c25-18-3-1-2-15(10-18)16-4-5-19(28-13-16)6-7-21-20-8-9-24(26,27)12-17(20)11-23(21)14-29-22(31)30-23/h1-5,10,13,17,20-21H,6-9,11-12,14H2,(H2,29,30,31)/t17-,20-,21+,23?/m1/s1. The van der Waals surface area contributed by atoms with Crippen LogP contribution in [0, 0.1) is 23.6 Å². The summed E-state index contributed by atoms with van der Waals surface area (Å²) in [5.41, 5.74) is 2.10. The molecule has 164 valence electrons. The van der Waals surface area contributed by atoms with Crippen LogP contribution >= 0.6 is 0 Å². The molecule has 0 bridgehead atoms. The van der Waals surface area contributed by atoms with Crippen LogP contribution in [0.15, 0.2) is 42.6 Å². The molecule has 3 aliphatic rings. The number of urea groups is 1. The first kappa shape index (κ1) is 20.3. The number of amides is 2. The van der Waals surface area contributed by atoms with Crippen molar-refractivity contribution in [2.75, 3.05) is 6.54 Å². The third-order valence-corrected chi connectivity index (χ3v) is 7.48. The van der Waals surface area contributed by atoms with Gasteiger partial charge in [0, 0.05) is 36.8 Å². The van der Waals surface area contributed by atoms with Gasteiger partial charge in [-0.2, -0.15) is 0 Å². The fraction of sp³-hybridized carbons (Fsp3) is 0.500. The number of halogens is 3. The maximum absolute atomic E-state index is 14.0. The Kier molecular flexibility index (Phi) is 4.94. The summed E-state index contributed by atoms with van der Waals surface area (Å²) in [5.74, 6) is -2.59. The molecule has 4 atom stereocenters. The first-order chi connectivity index (χ1) is 14.8. The van der Waals surface area contributed by atoms with Crippen molar-refractivity contribution >= 4 is 6.03 Å². The van der Waals surface area contributed by atoms with Gasteiger partial charge in [-0.15, -0.1) is 0 Å². The molecule has 7 heteroatoms. The van der Waals surface area contributed by atoms with E-state index in [2.05, 4.69) is 15.6 Å². The van der Waals surface area contributed by atoms with Crippen LogP contribution in [-0.4, -0.2) is 29.0 Å². The van der Waals surface area contributed by atoms with Crippen molar-refractivity contribution in [1.29, 1.82) is 0 Å². The molecule has 31 heavy (non-hydrogen) atoms. The number of hydrogen-bond acceptors (Lipinski definition) is 2. The van der Waals surface area contributed by atoms with E-state index in [1.165, 1.54) is 12.1 Å². The van der Waals surface area contributed by atoms with E-state index in [1.807, 2.05) is 18.2 Å². The summed E-state index contributed by atoms with van der Waals surface area (Å²) >= 11 is 0. The maximum Gasteiger partial charge on any atom is 0.315 e. The molecule has 0 radical (unpaired) electrons. The number of alkyl halides is 2. The molecule has 1 aliphatic heterocycles. The van der Waals surface area contributed by atoms with E-state index in [9.17, 15) is 18.0 Å². The molecule has 2 aromatic rings. The van der Waals surface area contributed by atoms with Gasteiger partial charge in [-0.05, 0) is 67.2 Å². The van der Waals surface area contributed by atoms with E-state index in [0.29, 0.717) is 25.8 Å². The summed E-state index contributed by atoms with van der Waals surface area (Å²) in [4.78, 5) is 16.5.